The first-order valence-electron chi connectivity index (χ1n) is 6.86. The third kappa shape index (κ3) is 4.16. The molecule has 1 aliphatic rings. The van der Waals surface area contributed by atoms with Crippen LogP contribution in [0, 0.1) is 0 Å². The van der Waals surface area contributed by atoms with Gasteiger partial charge < -0.3 is 0 Å². The van der Waals surface area contributed by atoms with E-state index in [0.29, 0.717) is 37.6 Å². The van der Waals surface area contributed by atoms with E-state index in [1.54, 1.807) is 24.3 Å². The summed E-state index contributed by atoms with van der Waals surface area (Å²) in [5, 5.41) is 0.979. The van der Waals surface area contributed by atoms with Crippen molar-refractivity contribution in [3.63, 3.8) is 0 Å². The molecular formula is C14H20N2O4S2. The molecule has 0 saturated carbocycles. The Labute approximate surface area is 132 Å². The van der Waals surface area contributed by atoms with Crippen LogP contribution < -0.4 is 0 Å². The van der Waals surface area contributed by atoms with Crippen molar-refractivity contribution in [2.24, 2.45) is 0 Å². The molecule has 1 aliphatic heterocycles. The molecule has 122 valence electrons. The molecule has 0 radical (unpaired) electrons. The van der Waals surface area contributed by atoms with Crippen LogP contribution in [0.15, 0.2) is 41.1 Å². The zero-order valence-corrected chi connectivity index (χ0v) is 14.1. The highest BCUT2D eigenvalue weighted by atomic mass is 32.2. The molecule has 1 aromatic carbocycles. The fourth-order valence-corrected chi connectivity index (χ4v) is 3.86. The van der Waals surface area contributed by atoms with Crippen LogP contribution in [0.3, 0.4) is 0 Å². The fraction of sp³-hybridized carbons (Fsp3) is 0.429. The minimum absolute atomic E-state index is 0.304. The maximum Gasteiger partial charge on any atom is 0.235 e. The van der Waals surface area contributed by atoms with Crippen LogP contribution in [0.2, 0.25) is 0 Å². The van der Waals surface area contributed by atoms with Crippen LogP contribution >= 0.6 is 0 Å². The molecular weight excluding hydrogens is 324 g/mol. The van der Waals surface area contributed by atoms with Gasteiger partial charge in [0, 0.05) is 44.4 Å². The number of nitrogens with zero attached hydrogens (tertiary/aromatic N) is 2. The van der Waals surface area contributed by atoms with E-state index in [0.717, 1.165) is 11.0 Å². The smallest absolute Gasteiger partial charge is 0.235 e. The van der Waals surface area contributed by atoms with Gasteiger partial charge in [0.25, 0.3) is 0 Å². The van der Waals surface area contributed by atoms with Gasteiger partial charge in [0.2, 0.25) is 10.0 Å². The van der Waals surface area contributed by atoms with Gasteiger partial charge in [-0.3, -0.25) is 4.90 Å². The molecule has 0 N–H and O–H groups in total. The maximum atomic E-state index is 11.7. The largest absolute Gasteiger partial charge is 0.296 e. The van der Waals surface area contributed by atoms with E-state index < -0.39 is 19.9 Å². The Morgan fingerprint density at radius 2 is 1.59 bits per heavy atom. The molecule has 1 saturated heterocycles. The Morgan fingerprint density at radius 3 is 2.05 bits per heavy atom. The Hall–Kier alpha value is -1.22. The topological polar surface area (TPSA) is 74.8 Å². The second kappa shape index (κ2) is 6.49. The second-order valence-corrected chi connectivity index (χ2v) is 9.20. The van der Waals surface area contributed by atoms with E-state index in [1.165, 1.54) is 10.6 Å². The third-order valence-corrected chi connectivity index (χ3v) is 6.29. The number of benzene rings is 1. The van der Waals surface area contributed by atoms with Crippen molar-refractivity contribution >= 4 is 19.9 Å². The van der Waals surface area contributed by atoms with Crippen LogP contribution in [0.4, 0.5) is 0 Å². The highest BCUT2D eigenvalue weighted by molar-refractivity contribution is 7.92. The van der Waals surface area contributed by atoms with Gasteiger partial charge in [0.1, 0.15) is 0 Å². The highest BCUT2D eigenvalue weighted by Gasteiger charge is 2.24. The van der Waals surface area contributed by atoms with Crippen molar-refractivity contribution in [3.05, 3.63) is 41.8 Å². The first-order valence-corrected chi connectivity index (χ1v) is 10.3. The van der Waals surface area contributed by atoms with Crippen molar-refractivity contribution in [2.45, 2.75) is 11.4 Å². The van der Waals surface area contributed by atoms with E-state index in [-0.39, 0.29) is 0 Å². The summed E-state index contributed by atoms with van der Waals surface area (Å²) in [5.41, 5.74) is 1.01. The standard InChI is InChI=1S/C14H20N2O4S2/c1-3-22(19,20)16-10-8-15(9-11-16)12-13-4-6-14(7-5-13)21(2,17)18/h3-7H,1,8-12H2,2H3. The maximum absolute atomic E-state index is 11.7. The zero-order chi connectivity index (χ0) is 16.4. The minimum Gasteiger partial charge on any atom is -0.296 e. The van der Waals surface area contributed by atoms with Gasteiger partial charge in [0.05, 0.1) is 4.90 Å². The third-order valence-electron chi connectivity index (χ3n) is 3.66. The first-order chi connectivity index (χ1) is 10.2. The summed E-state index contributed by atoms with van der Waals surface area (Å²) in [4.78, 5) is 2.45. The van der Waals surface area contributed by atoms with Gasteiger partial charge in [-0.25, -0.2) is 16.8 Å². The summed E-state index contributed by atoms with van der Waals surface area (Å²) in [6.45, 7) is 6.16. The molecule has 6 nitrogen and oxygen atoms in total. The van der Waals surface area contributed by atoms with Crippen molar-refractivity contribution in [3.8, 4) is 0 Å². The summed E-state index contributed by atoms with van der Waals surface area (Å²) >= 11 is 0. The van der Waals surface area contributed by atoms with E-state index in [9.17, 15) is 16.8 Å². The lowest BCUT2D eigenvalue weighted by Crippen LogP contribution is -2.47. The van der Waals surface area contributed by atoms with Crippen molar-refractivity contribution in [1.82, 2.24) is 9.21 Å². The van der Waals surface area contributed by atoms with Crippen LogP contribution in [-0.4, -0.2) is 58.5 Å². The molecule has 1 heterocycles. The molecule has 0 unspecified atom stereocenters. The monoisotopic (exact) mass is 344 g/mol. The molecule has 1 aromatic rings. The predicted octanol–water partition coefficient (Wildman–Crippen LogP) is 0.681. The van der Waals surface area contributed by atoms with Gasteiger partial charge in [-0.05, 0) is 17.7 Å². The molecule has 2 rings (SSSR count). The number of hydrogen-bond donors (Lipinski definition) is 0. The van der Waals surface area contributed by atoms with Crippen molar-refractivity contribution in [2.75, 3.05) is 32.4 Å². The van der Waals surface area contributed by atoms with Crippen LogP contribution in [0.5, 0.6) is 0 Å². The molecule has 0 atom stereocenters. The molecule has 22 heavy (non-hydrogen) atoms. The molecule has 0 aromatic heterocycles. The number of sulfone groups is 1. The Kier molecular flexibility index (Phi) is 5.06. The second-order valence-electron chi connectivity index (χ2n) is 5.30. The normalized spacial score (nSPS) is 18.2. The zero-order valence-electron chi connectivity index (χ0n) is 12.5. The van der Waals surface area contributed by atoms with Crippen LogP contribution in [0.1, 0.15) is 5.56 Å². The molecule has 0 aliphatic carbocycles. The molecule has 0 bridgehead atoms. The Balaban J connectivity index is 1.95. The number of piperazine rings is 1. The first kappa shape index (κ1) is 17.1. The average molecular weight is 344 g/mol. The van der Waals surface area contributed by atoms with Crippen LogP contribution in [0.25, 0.3) is 0 Å². The fourth-order valence-electron chi connectivity index (χ4n) is 2.35. The van der Waals surface area contributed by atoms with E-state index in [1.807, 2.05) is 0 Å². The van der Waals surface area contributed by atoms with Crippen molar-refractivity contribution in [1.29, 1.82) is 0 Å². The lowest BCUT2D eigenvalue weighted by Gasteiger charge is -2.33. The van der Waals surface area contributed by atoms with Gasteiger partial charge in [-0.15, -0.1) is 0 Å². The minimum atomic E-state index is -3.34. The van der Waals surface area contributed by atoms with Gasteiger partial charge in [-0.1, -0.05) is 18.7 Å². The van der Waals surface area contributed by atoms with E-state index in [2.05, 4.69) is 11.5 Å². The summed E-state index contributed by atoms with van der Waals surface area (Å²) in [7, 11) is -6.51. The number of rotatable bonds is 5. The van der Waals surface area contributed by atoms with Crippen molar-refractivity contribution < 1.29 is 16.8 Å². The number of hydrogen-bond acceptors (Lipinski definition) is 5. The summed E-state index contributed by atoms with van der Waals surface area (Å²) in [6, 6.07) is 6.79. The quantitative estimate of drug-likeness (QED) is 0.785. The molecule has 8 heteroatoms. The van der Waals surface area contributed by atoms with Crippen LogP contribution in [-0.2, 0) is 26.4 Å². The molecule has 1 fully saturated rings. The lowest BCUT2D eigenvalue weighted by atomic mass is 10.2. The molecule has 0 spiro atoms. The number of sulfonamides is 1. The predicted molar refractivity (Wildman–Crippen MR) is 85.5 cm³/mol. The summed E-state index contributed by atoms with van der Waals surface area (Å²) < 4.78 is 47.6. The Morgan fingerprint density at radius 1 is 1.05 bits per heavy atom. The Bertz CT molecular complexity index is 732. The van der Waals surface area contributed by atoms with Gasteiger partial charge in [0.15, 0.2) is 9.84 Å². The van der Waals surface area contributed by atoms with Gasteiger partial charge in [-0.2, -0.15) is 4.31 Å². The van der Waals surface area contributed by atoms with Gasteiger partial charge >= 0.3 is 0 Å². The SMILES string of the molecule is C=CS(=O)(=O)N1CCN(Cc2ccc(S(C)(=O)=O)cc2)CC1. The lowest BCUT2D eigenvalue weighted by molar-refractivity contribution is 0.182. The highest BCUT2D eigenvalue weighted by Crippen LogP contribution is 2.14. The summed E-state index contributed by atoms with van der Waals surface area (Å²) in [5.74, 6) is 0. The van der Waals surface area contributed by atoms with E-state index in [4.69, 9.17) is 0 Å². The van der Waals surface area contributed by atoms with E-state index >= 15 is 0 Å². The average Bonchev–Trinajstić information content (AvgIpc) is 2.47. The summed E-state index contributed by atoms with van der Waals surface area (Å²) in [6.07, 6.45) is 1.18. The molecule has 0 amide bonds.